The summed E-state index contributed by atoms with van der Waals surface area (Å²) in [6.45, 7) is 4.54. The first-order chi connectivity index (χ1) is 8.72. The number of carbonyl (C=O) groups is 3. The van der Waals surface area contributed by atoms with Gasteiger partial charge in [0.05, 0.1) is 6.61 Å². The first-order valence-corrected chi connectivity index (χ1v) is 5.61. The highest BCUT2D eigenvalue weighted by molar-refractivity contribution is 5.71. The number of carboxylic acids is 2. The Labute approximate surface area is 111 Å². The Balaban J connectivity index is -0.000000203. The molecule has 8 nitrogen and oxygen atoms in total. The maximum Gasteiger partial charge on any atom is 0.332 e. The fraction of sp³-hybridized carbons (Fsp3) is 0.727. The van der Waals surface area contributed by atoms with Crippen molar-refractivity contribution in [2.24, 2.45) is 0 Å². The van der Waals surface area contributed by atoms with Crippen LogP contribution >= 0.6 is 0 Å². The van der Waals surface area contributed by atoms with E-state index >= 15 is 0 Å². The van der Waals surface area contributed by atoms with Crippen LogP contribution in [0.3, 0.4) is 0 Å². The normalized spacial score (nSPS) is 9.95. The van der Waals surface area contributed by atoms with E-state index in [2.05, 4.69) is 4.74 Å². The van der Waals surface area contributed by atoms with Crippen molar-refractivity contribution in [1.82, 2.24) is 0 Å². The van der Waals surface area contributed by atoms with Crippen LogP contribution in [0.1, 0.15) is 33.6 Å². The van der Waals surface area contributed by atoms with Gasteiger partial charge in [-0.25, -0.2) is 9.59 Å². The number of carbonyl (C=O) groups excluding carboxylic acids is 1. The van der Waals surface area contributed by atoms with Crippen LogP contribution < -0.4 is 0 Å². The molecule has 0 aliphatic rings. The van der Waals surface area contributed by atoms with Gasteiger partial charge in [-0.1, -0.05) is 6.92 Å². The Morgan fingerprint density at radius 1 is 1.16 bits per heavy atom. The van der Waals surface area contributed by atoms with E-state index in [-0.39, 0.29) is 0 Å². The van der Waals surface area contributed by atoms with Crippen LogP contribution in [0, 0.1) is 0 Å². The Morgan fingerprint density at radius 2 is 1.58 bits per heavy atom. The molecule has 0 spiro atoms. The van der Waals surface area contributed by atoms with Crippen LogP contribution in [-0.2, 0) is 19.1 Å². The molecule has 8 heteroatoms. The van der Waals surface area contributed by atoms with Gasteiger partial charge in [0.25, 0.3) is 0 Å². The highest BCUT2D eigenvalue weighted by atomic mass is 16.5. The van der Waals surface area contributed by atoms with Crippen LogP contribution in [0.2, 0.25) is 0 Å². The van der Waals surface area contributed by atoms with Crippen LogP contribution in [0.5, 0.6) is 0 Å². The van der Waals surface area contributed by atoms with E-state index in [4.69, 9.17) is 20.4 Å². The van der Waals surface area contributed by atoms with Crippen molar-refractivity contribution in [3.05, 3.63) is 0 Å². The van der Waals surface area contributed by atoms with Crippen molar-refractivity contribution >= 4 is 17.9 Å². The number of ether oxygens (including phenoxy) is 1. The van der Waals surface area contributed by atoms with E-state index in [1.54, 1.807) is 6.92 Å². The average molecular weight is 282 g/mol. The van der Waals surface area contributed by atoms with Crippen LogP contribution in [0.4, 0.5) is 0 Å². The zero-order valence-electron chi connectivity index (χ0n) is 11.3. The first-order valence-electron chi connectivity index (χ1n) is 5.61. The van der Waals surface area contributed by atoms with Crippen molar-refractivity contribution in [2.75, 3.05) is 13.2 Å². The molecule has 0 amide bonds. The summed E-state index contributed by atoms with van der Waals surface area (Å²) in [7, 11) is 0. The fourth-order valence-corrected chi connectivity index (χ4v) is 0.420. The minimum absolute atomic E-state index is 0.292. The van der Waals surface area contributed by atoms with Gasteiger partial charge in [0.1, 0.15) is 12.7 Å². The summed E-state index contributed by atoms with van der Waals surface area (Å²) in [5, 5.41) is 31.7. The summed E-state index contributed by atoms with van der Waals surface area (Å²) in [6, 6.07) is 0. The maximum atomic E-state index is 9.94. The minimum atomic E-state index is -1.23. The van der Waals surface area contributed by atoms with Gasteiger partial charge in [-0.05, 0) is 20.3 Å². The number of esters is 1. The van der Waals surface area contributed by atoms with Gasteiger partial charge in [0.2, 0.25) is 0 Å². The second-order valence-electron chi connectivity index (χ2n) is 3.12. The molecule has 0 saturated heterocycles. The van der Waals surface area contributed by atoms with Crippen molar-refractivity contribution in [1.29, 1.82) is 0 Å². The molecule has 0 fully saturated rings. The molecule has 0 radical (unpaired) electrons. The Hall–Kier alpha value is -1.67. The van der Waals surface area contributed by atoms with Gasteiger partial charge in [0.15, 0.2) is 0 Å². The third kappa shape index (κ3) is 31.4. The van der Waals surface area contributed by atoms with E-state index < -0.39 is 30.6 Å². The van der Waals surface area contributed by atoms with Gasteiger partial charge in [0, 0.05) is 6.42 Å². The van der Waals surface area contributed by atoms with Gasteiger partial charge in [-0.2, -0.15) is 0 Å². The molecule has 0 aliphatic heterocycles. The number of aliphatic hydroxyl groups excluding tert-OH is 2. The number of hydrogen-bond donors (Lipinski definition) is 4. The number of carboxylic acid groups (broad SMARTS) is 2. The Bertz CT molecular complexity index is 249. The second-order valence-corrected chi connectivity index (χ2v) is 3.12. The summed E-state index contributed by atoms with van der Waals surface area (Å²) in [4.78, 5) is 29.0. The molecule has 114 valence electrons. The monoisotopic (exact) mass is 282 g/mol. The van der Waals surface area contributed by atoms with Gasteiger partial charge >= 0.3 is 17.9 Å². The number of aliphatic carboxylic acids is 2. The van der Waals surface area contributed by atoms with Gasteiger partial charge < -0.3 is 25.2 Å². The molecule has 0 bridgehead atoms. The molecule has 4 N–H and O–H groups in total. The van der Waals surface area contributed by atoms with E-state index in [0.717, 1.165) is 6.42 Å². The number of rotatable bonds is 5. The molecule has 0 aliphatic carbocycles. The average Bonchev–Trinajstić information content (AvgIpc) is 2.30. The third-order valence-electron chi connectivity index (χ3n) is 1.26. The van der Waals surface area contributed by atoms with Crippen molar-refractivity contribution in [2.45, 2.75) is 39.7 Å². The smallest absolute Gasteiger partial charge is 0.332 e. The lowest BCUT2D eigenvalue weighted by molar-refractivity contribution is -0.146. The SMILES string of the molecule is CC(O)C(=O)O.CCCC(=O)O.CCOC(=O)CO. The minimum Gasteiger partial charge on any atom is -0.481 e. The quantitative estimate of drug-likeness (QED) is 0.511. The Morgan fingerprint density at radius 3 is 1.63 bits per heavy atom. The summed E-state index contributed by atoms with van der Waals surface area (Å²) in [5.74, 6) is -2.46. The topological polar surface area (TPSA) is 141 Å². The molecule has 19 heavy (non-hydrogen) atoms. The Kier molecular flexibility index (Phi) is 19.3. The molecule has 0 heterocycles. The summed E-state index contributed by atoms with van der Waals surface area (Å²) in [5.41, 5.74) is 0. The molecule has 0 aromatic rings. The fourth-order valence-electron chi connectivity index (χ4n) is 0.420. The number of aliphatic hydroxyl groups is 2. The zero-order chi connectivity index (χ0) is 15.8. The standard InChI is InChI=1S/C4H8O3.C4H8O2.C3H6O3/c1-2-7-4(6)3-5;1-2-3-4(5)6;1-2(4)3(5)6/h5H,2-3H2,1H3;2-3H2,1H3,(H,5,6);2,4H,1H3,(H,5,6). The molecular weight excluding hydrogens is 260 g/mol. The summed E-state index contributed by atoms with van der Waals surface area (Å²) >= 11 is 0. The van der Waals surface area contributed by atoms with Crippen LogP contribution in [0.15, 0.2) is 0 Å². The van der Waals surface area contributed by atoms with Crippen molar-refractivity contribution in [3.8, 4) is 0 Å². The molecule has 1 unspecified atom stereocenters. The van der Waals surface area contributed by atoms with Gasteiger partial charge in [-0.3, -0.25) is 4.79 Å². The molecule has 0 aromatic carbocycles. The molecular formula is C11H22O8. The van der Waals surface area contributed by atoms with E-state index in [9.17, 15) is 14.4 Å². The van der Waals surface area contributed by atoms with E-state index in [0.29, 0.717) is 13.0 Å². The van der Waals surface area contributed by atoms with Crippen molar-refractivity contribution < 1.29 is 39.5 Å². The molecule has 1 atom stereocenters. The highest BCUT2D eigenvalue weighted by Gasteiger charge is 2.01. The zero-order valence-corrected chi connectivity index (χ0v) is 11.3. The number of hydrogen-bond acceptors (Lipinski definition) is 6. The maximum absolute atomic E-state index is 9.94. The molecule has 0 aromatic heterocycles. The largest absolute Gasteiger partial charge is 0.481 e. The van der Waals surface area contributed by atoms with Crippen molar-refractivity contribution in [3.63, 3.8) is 0 Å². The van der Waals surface area contributed by atoms with Crippen LogP contribution in [-0.4, -0.2) is 57.7 Å². The second kappa shape index (κ2) is 16.3. The van der Waals surface area contributed by atoms with Crippen LogP contribution in [0.25, 0.3) is 0 Å². The van der Waals surface area contributed by atoms with Gasteiger partial charge in [-0.15, -0.1) is 0 Å². The first kappa shape index (κ1) is 22.5. The summed E-state index contributed by atoms with van der Waals surface area (Å²) < 4.78 is 4.30. The molecule has 0 saturated carbocycles. The third-order valence-corrected chi connectivity index (χ3v) is 1.26. The predicted octanol–water partition coefficient (Wildman–Crippen LogP) is -0.135. The predicted molar refractivity (Wildman–Crippen MR) is 65.6 cm³/mol. The van der Waals surface area contributed by atoms with E-state index in [1.165, 1.54) is 6.92 Å². The summed E-state index contributed by atoms with van der Waals surface area (Å²) in [6.07, 6.45) is -0.208. The lowest BCUT2D eigenvalue weighted by Crippen LogP contribution is -2.13. The highest BCUT2D eigenvalue weighted by Crippen LogP contribution is 1.82. The van der Waals surface area contributed by atoms with E-state index in [1.807, 2.05) is 6.92 Å². The lowest BCUT2D eigenvalue weighted by atomic mass is 10.4. The lowest BCUT2D eigenvalue weighted by Gasteiger charge is -1.93. The molecule has 0 rings (SSSR count).